The van der Waals surface area contributed by atoms with Gasteiger partial charge in [0.05, 0.1) is 24.8 Å². The molecule has 1 unspecified atom stereocenters. The van der Waals surface area contributed by atoms with E-state index in [9.17, 15) is 19.8 Å². The predicted octanol–water partition coefficient (Wildman–Crippen LogP) is 3.95. The van der Waals surface area contributed by atoms with Crippen molar-refractivity contribution in [3.05, 3.63) is 64.7 Å². The van der Waals surface area contributed by atoms with Crippen molar-refractivity contribution in [3.63, 3.8) is 0 Å². The summed E-state index contributed by atoms with van der Waals surface area (Å²) in [4.78, 5) is 27.1. The first kappa shape index (κ1) is 23.3. The van der Waals surface area contributed by atoms with Crippen molar-refractivity contribution < 1.29 is 29.3 Å². The molecule has 1 fully saturated rings. The van der Waals surface area contributed by atoms with Crippen molar-refractivity contribution in [2.75, 3.05) is 26.9 Å². The fraction of sp³-hybridized carbons (Fsp3) is 0.360. The number of nitrogens with zero attached hydrogens (tertiary/aromatic N) is 1. The fourth-order valence-electron chi connectivity index (χ4n) is 3.74. The topological polar surface area (TPSA) is 96.3 Å². The Morgan fingerprint density at radius 1 is 1.09 bits per heavy atom. The molecule has 32 heavy (non-hydrogen) atoms. The number of aryl methyl sites for hydroxylation is 1. The number of hydrogen-bond acceptors (Lipinski definition) is 6. The lowest BCUT2D eigenvalue weighted by Crippen LogP contribution is -2.32. The van der Waals surface area contributed by atoms with Gasteiger partial charge in [0.1, 0.15) is 17.3 Å². The molecule has 7 nitrogen and oxygen atoms in total. The fourth-order valence-corrected chi connectivity index (χ4v) is 3.74. The van der Waals surface area contributed by atoms with Gasteiger partial charge in [-0.15, -0.1) is 0 Å². The van der Waals surface area contributed by atoms with E-state index in [0.717, 1.165) is 18.4 Å². The molecule has 0 saturated carbocycles. The molecule has 1 amide bonds. The van der Waals surface area contributed by atoms with Gasteiger partial charge < -0.3 is 24.6 Å². The maximum Gasteiger partial charge on any atom is 0.295 e. The number of ether oxygens (including phenoxy) is 2. The van der Waals surface area contributed by atoms with Crippen molar-refractivity contribution in [2.24, 2.45) is 0 Å². The minimum absolute atomic E-state index is 0.0100. The molecule has 2 N–H and O–H groups in total. The Labute approximate surface area is 187 Å². The first-order chi connectivity index (χ1) is 15.4. The average Bonchev–Trinajstić information content (AvgIpc) is 3.03. The number of benzene rings is 2. The Hall–Kier alpha value is -3.32. The highest BCUT2D eigenvalue weighted by molar-refractivity contribution is 6.46. The van der Waals surface area contributed by atoms with Crippen molar-refractivity contribution in [1.82, 2.24) is 4.90 Å². The number of phenolic OH excluding ortho intramolecular Hbond substituents is 1. The van der Waals surface area contributed by atoms with Gasteiger partial charge >= 0.3 is 0 Å². The smallest absolute Gasteiger partial charge is 0.295 e. The largest absolute Gasteiger partial charge is 0.508 e. The molecule has 2 aromatic carbocycles. The van der Waals surface area contributed by atoms with E-state index in [-0.39, 0.29) is 30.2 Å². The number of ketones is 1. The summed E-state index contributed by atoms with van der Waals surface area (Å²) in [7, 11) is 1.51. The number of methoxy groups -OCH3 is 1. The zero-order chi connectivity index (χ0) is 23.3. The average molecular weight is 440 g/mol. The molecule has 2 aromatic rings. The molecule has 0 spiro atoms. The van der Waals surface area contributed by atoms with E-state index in [4.69, 9.17) is 9.47 Å². The van der Waals surface area contributed by atoms with Crippen LogP contribution in [0.25, 0.3) is 5.76 Å². The van der Waals surface area contributed by atoms with Crippen LogP contribution in [-0.2, 0) is 14.3 Å². The zero-order valence-corrected chi connectivity index (χ0v) is 18.6. The van der Waals surface area contributed by atoms with Crippen LogP contribution in [0.2, 0.25) is 0 Å². The molecule has 1 aliphatic rings. The molecule has 1 saturated heterocycles. The highest BCUT2D eigenvalue weighted by Gasteiger charge is 2.45. The summed E-state index contributed by atoms with van der Waals surface area (Å²) < 4.78 is 10.9. The first-order valence-electron chi connectivity index (χ1n) is 10.7. The first-order valence-corrected chi connectivity index (χ1v) is 10.7. The van der Waals surface area contributed by atoms with Gasteiger partial charge in [0.15, 0.2) is 0 Å². The number of carbonyl (C=O) groups is 2. The number of hydrogen-bond donors (Lipinski definition) is 2. The zero-order valence-electron chi connectivity index (χ0n) is 18.6. The summed E-state index contributed by atoms with van der Waals surface area (Å²) in [6, 6.07) is 10.6. The van der Waals surface area contributed by atoms with Crippen LogP contribution in [0.15, 0.2) is 48.0 Å². The van der Waals surface area contributed by atoms with Gasteiger partial charge in [0.2, 0.25) is 0 Å². The summed E-state index contributed by atoms with van der Waals surface area (Å²) in [5, 5.41) is 20.8. The molecule has 1 atom stereocenters. The van der Waals surface area contributed by atoms with Crippen LogP contribution in [0.4, 0.5) is 0 Å². The third-order valence-corrected chi connectivity index (χ3v) is 5.49. The van der Waals surface area contributed by atoms with E-state index in [1.165, 1.54) is 24.1 Å². The van der Waals surface area contributed by atoms with Crippen LogP contribution >= 0.6 is 0 Å². The third kappa shape index (κ3) is 4.78. The van der Waals surface area contributed by atoms with Gasteiger partial charge in [0.25, 0.3) is 11.7 Å². The van der Waals surface area contributed by atoms with Crippen molar-refractivity contribution in [3.8, 4) is 11.5 Å². The number of likely N-dealkylation sites (tertiary alicyclic amines) is 1. The summed E-state index contributed by atoms with van der Waals surface area (Å²) in [5.74, 6) is -0.914. The van der Waals surface area contributed by atoms with Crippen molar-refractivity contribution in [2.45, 2.75) is 32.7 Å². The van der Waals surface area contributed by atoms with Gasteiger partial charge in [-0.25, -0.2) is 0 Å². The molecule has 0 aromatic heterocycles. The monoisotopic (exact) mass is 439 g/mol. The molecule has 0 bridgehead atoms. The highest BCUT2D eigenvalue weighted by atomic mass is 16.5. The third-order valence-electron chi connectivity index (χ3n) is 5.49. The van der Waals surface area contributed by atoms with Crippen molar-refractivity contribution >= 4 is 17.4 Å². The van der Waals surface area contributed by atoms with E-state index in [1.54, 1.807) is 30.3 Å². The lowest BCUT2D eigenvalue weighted by molar-refractivity contribution is -0.140. The Bertz CT molecular complexity index is 1010. The van der Waals surface area contributed by atoms with Crippen LogP contribution in [0.3, 0.4) is 0 Å². The van der Waals surface area contributed by atoms with Crippen LogP contribution in [-0.4, -0.2) is 53.7 Å². The second kappa shape index (κ2) is 10.3. The van der Waals surface area contributed by atoms with Gasteiger partial charge in [-0.2, -0.15) is 0 Å². The number of phenols is 1. The Kier molecular flexibility index (Phi) is 7.53. The van der Waals surface area contributed by atoms with E-state index in [2.05, 4.69) is 6.92 Å². The van der Waals surface area contributed by atoms with E-state index in [1.807, 2.05) is 6.92 Å². The molecule has 3 rings (SSSR count). The summed E-state index contributed by atoms with van der Waals surface area (Å²) in [5.41, 5.74) is 1.87. The Morgan fingerprint density at radius 2 is 1.81 bits per heavy atom. The SMILES string of the molecule is CCCCOc1ccc(/C(O)=C2\C(=O)C(=O)N(CCOC)C2c2ccc(O)cc2)cc1C. The maximum absolute atomic E-state index is 12.9. The van der Waals surface area contributed by atoms with Crippen molar-refractivity contribution in [1.29, 1.82) is 0 Å². The van der Waals surface area contributed by atoms with E-state index < -0.39 is 17.7 Å². The van der Waals surface area contributed by atoms with Gasteiger partial charge in [-0.1, -0.05) is 25.5 Å². The molecule has 1 aliphatic heterocycles. The minimum Gasteiger partial charge on any atom is -0.508 e. The van der Waals surface area contributed by atoms with Gasteiger partial charge in [0, 0.05) is 19.2 Å². The molecule has 1 heterocycles. The molecule has 170 valence electrons. The molecule has 0 aliphatic carbocycles. The predicted molar refractivity (Wildman–Crippen MR) is 121 cm³/mol. The lowest BCUT2D eigenvalue weighted by Gasteiger charge is -2.25. The minimum atomic E-state index is -0.786. The molecular formula is C25H29NO6. The standard InChI is InChI=1S/C25H29NO6/c1-4-5-13-32-20-11-8-18(15-16(20)2)23(28)21-22(17-6-9-19(27)10-7-17)26(12-14-31-3)25(30)24(21)29/h6-11,15,22,27-28H,4-5,12-14H2,1-3H3/b23-21+. The maximum atomic E-state index is 12.9. The second-order valence-electron chi connectivity index (χ2n) is 7.76. The van der Waals surface area contributed by atoms with Crippen LogP contribution in [0.1, 0.15) is 42.5 Å². The van der Waals surface area contributed by atoms with Crippen LogP contribution in [0, 0.1) is 6.92 Å². The van der Waals surface area contributed by atoms with E-state index >= 15 is 0 Å². The summed E-state index contributed by atoms with van der Waals surface area (Å²) >= 11 is 0. The lowest BCUT2D eigenvalue weighted by atomic mass is 9.94. The van der Waals surface area contributed by atoms with Gasteiger partial charge in [-0.3, -0.25) is 9.59 Å². The molecular weight excluding hydrogens is 410 g/mol. The van der Waals surface area contributed by atoms with Crippen LogP contribution in [0.5, 0.6) is 11.5 Å². The number of Topliss-reactive ketones (excluding diaryl/α,β-unsaturated/α-hetero) is 1. The number of aliphatic hydroxyl groups excluding tert-OH is 1. The number of rotatable bonds is 9. The number of amides is 1. The normalized spacial score (nSPS) is 17.7. The summed E-state index contributed by atoms with van der Waals surface area (Å²) in [6.07, 6.45) is 1.97. The quantitative estimate of drug-likeness (QED) is 0.266. The molecule has 7 heteroatoms. The number of unbranched alkanes of at least 4 members (excludes halogenated alkanes) is 1. The van der Waals surface area contributed by atoms with E-state index in [0.29, 0.717) is 23.5 Å². The van der Waals surface area contributed by atoms with Crippen LogP contribution < -0.4 is 4.74 Å². The number of carbonyl (C=O) groups excluding carboxylic acids is 2. The van der Waals surface area contributed by atoms with Gasteiger partial charge in [-0.05, 0) is 54.8 Å². The second-order valence-corrected chi connectivity index (χ2v) is 7.76. The molecule has 0 radical (unpaired) electrons. The Balaban J connectivity index is 2.04. The summed E-state index contributed by atoms with van der Waals surface area (Å²) in [6.45, 7) is 4.99. The highest BCUT2D eigenvalue weighted by Crippen LogP contribution is 2.40. The number of aromatic hydroxyl groups is 1. The Morgan fingerprint density at radius 3 is 2.44 bits per heavy atom. The number of aliphatic hydroxyl groups is 1.